The highest BCUT2D eigenvalue weighted by Gasteiger charge is 2.51. The molecule has 4 amide bonds. The van der Waals surface area contributed by atoms with Crippen molar-refractivity contribution in [1.29, 1.82) is 0 Å². The zero-order valence-corrected chi connectivity index (χ0v) is 15.2. The first-order valence-electron chi connectivity index (χ1n) is 7.89. The molecule has 1 saturated carbocycles. The van der Waals surface area contributed by atoms with Gasteiger partial charge in [0.1, 0.15) is 5.54 Å². The van der Waals surface area contributed by atoms with Gasteiger partial charge in [0.25, 0.3) is 5.91 Å². The Morgan fingerprint density at radius 1 is 1.24 bits per heavy atom. The fourth-order valence-corrected chi connectivity index (χ4v) is 2.64. The number of urea groups is 1. The molecule has 5 N–H and O–H groups in total. The molecule has 0 bridgehead atoms. The first-order valence-corrected chi connectivity index (χ1v) is 8.65. The monoisotopic (exact) mass is 386 g/mol. The molecular weight excluding hydrogens is 367 g/mol. The largest absolute Gasteiger partial charge is 0.352 e. The number of benzene rings is 1. The Bertz CT molecular complexity index is 692. The van der Waals surface area contributed by atoms with Crippen molar-refractivity contribution >= 4 is 41.0 Å². The zero-order chi connectivity index (χ0) is 18.6. The third-order valence-electron chi connectivity index (χ3n) is 4.07. The van der Waals surface area contributed by atoms with Crippen LogP contribution in [0.4, 0.5) is 4.79 Å². The predicted molar refractivity (Wildman–Crippen MR) is 95.7 cm³/mol. The molecule has 1 atom stereocenters. The standard InChI is InChI=1S/C16H20Cl2N4O3/c1-2-10(21-14(24)16(5-6-16)22-15(19)25)8-20-13(23)9-3-4-11(17)12(18)7-9/h3-4,7,10H,2,5-6,8H2,1H3,(H,20,23)(H,21,24)(H3,19,22,25). The molecule has 0 radical (unpaired) electrons. The molecule has 0 aliphatic heterocycles. The van der Waals surface area contributed by atoms with Crippen LogP contribution < -0.4 is 21.7 Å². The summed E-state index contributed by atoms with van der Waals surface area (Å²) in [7, 11) is 0. The number of primary amides is 1. The van der Waals surface area contributed by atoms with Crippen molar-refractivity contribution < 1.29 is 14.4 Å². The summed E-state index contributed by atoms with van der Waals surface area (Å²) in [6.07, 6.45) is 1.71. The second-order valence-corrected chi connectivity index (χ2v) is 6.80. The lowest BCUT2D eigenvalue weighted by atomic mass is 10.1. The van der Waals surface area contributed by atoms with Gasteiger partial charge >= 0.3 is 6.03 Å². The van der Waals surface area contributed by atoms with Crippen molar-refractivity contribution in [2.45, 2.75) is 37.8 Å². The van der Waals surface area contributed by atoms with Gasteiger partial charge in [0, 0.05) is 18.2 Å². The number of carbonyl (C=O) groups is 3. The number of hydrogen-bond donors (Lipinski definition) is 4. The Morgan fingerprint density at radius 2 is 1.92 bits per heavy atom. The maximum atomic E-state index is 12.3. The van der Waals surface area contributed by atoms with Crippen LogP contribution in [0.2, 0.25) is 10.0 Å². The van der Waals surface area contributed by atoms with Crippen molar-refractivity contribution in [1.82, 2.24) is 16.0 Å². The van der Waals surface area contributed by atoms with Crippen molar-refractivity contribution in [3.05, 3.63) is 33.8 Å². The van der Waals surface area contributed by atoms with E-state index in [9.17, 15) is 14.4 Å². The molecule has 9 heteroatoms. The third-order valence-corrected chi connectivity index (χ3v) is 4.80. The Morgan fingerprint density at radius 3 is 2.44 bits per heavy atom. The number of hydrogen-bond acceptors (Lipinski definition) is 3. The highest BCUT2D eigenvalue weighted by Crippen LogP contribution is 2.35. The molecule has 1 aromatic carbocycles. The number of amides is 4. The summed E-state index contributed by atoms with van der Waals surface area (Å²) in [5, 5.41) is 8.72. The average molecular weight is 387 g/mol. The van der Waals surface area contributed by atoms with Gasteiger partial charge in [0.15, 0.2) is 0 Å². The summed E-state index contributed by atoms with van der Waals surface area (Å²) in [5.74, 6) is -0.607. The molecule has 0 heterocycles. The molecule has 136 valence electrons. The number of nitrogens with one attached hydrogen (secondary N) is 3. The van der Waals surface area contributed by atoms with Gasteiger partial charge in [0.2, 0.25) is 5.91 Å². The minimum atomic E-state index is -0.910. The molecule has 25 heavy (non-hydrogen) atoms. The fraction of sp³-hybridized carbons (Fsp3) is 0.438. The third kappa shape index (κ3) is 4.99. The van der Waals surface area contributed by atoms with Crippen LogP contribution in [0.3, 0.4) is 0 Å². The molecule has 1 unspecified atom stereocenters. The van der Waals surface area contributed by atoms with Crippen molar-refractivity contribution in [2.24, 2.45) is 5.73 Å². The summed E-state index contributed by atoms with van der Waals surface area (Å²) >= 11 is 11.7. The SMILES string of the molecule is CCC(CNC(=O)c1ccc(Cl)c(Cl)c1)NC(=O)C1(NC(N)=O)CC1. The minimum Gasteiger partial charge on any atom is -0.352 e. The molecule has 0 aromatic heterocycles. The molecule has 7 nitrogen and oxygen atoms in total. The van der Waals surface area contributed by atoms with E-state index in [1.165, 1.54) is 6.07 Å². The van der Waals surface area contributed by atoms with E-state index < -0.39 is 11.6 Å². The Hall–Kier alpha value is -1.99. The van der Waals surface area contributed by atoms with Crippen LogP contribution in [-0.2, 0) is 4.79 Å². The first-order chi connectivity index (χ1) is 11.8. The maximum Gasteiger partial charge on any atom is 0.313 e. The van der Waals surface area contributed by atoms with E-state index in [1.54, 1.807) is 12.1 Å². The topological polar surface area (TPSA) is 113 Å². The van der Waals surface area contributed by atoms with Crippen LogP contribution in [-0.4, -0.2) is 36.0 Å². The minimum absolute atomic E-state index is 0.244. The number of carbonyl (C=O) groups excluding carboxylic acids is 3. The smallest absolute Gasteiger partial charge is 0.313 e. The normalized spacial score (nSPS) is 15.8. The van der Waals surface area contributed by atoms with E-state index in [2.05, 4.69) is 16.0 Å². The Kier molecular flexibility index (Phi) is 6.13. The van der Waals surface area contributed by atoms with Crippen LogP contribution in [0.15, 0.2) is 18.2 Å². The van der Waals surface area contributed by atoms with Crippen molar-refractivity contribution in [3.8, 4) is 0 Å². The summed E-state index contributed by atoms with van der Waals surface area (Å²) in [5.41, 5.74) is 4.57. The van der Waals surface area contributed by atoms with Crippen LogP contribution in [0, 0.1) is 0 Å². The van der Waals surface area contributed by atoms with Gasteiger partial charge in [0.05, 0.1) is 10.0 Å². The Balaban J connectivity index is 1.89. The van der Waals surface area contributed by atoms with Crippen LogP contribution in [0.25, 0.3) is 0 Å². The number of nitrogens with two attached hydrogens (primary N) is 1. The zero-order valence-electron chi connectivity index (χ0n) is 13.7. The Labute approximate surface area is 155 Å². The summed E-state index contributed by atoms with van der Waals surface area (Å²) < 4.78 is 0. The van der Waals surface area contributed by atoms with Gasteiger partial charge in [-0.25, -0.2) is 4.79 Å². The molecule has 0 saturated heterocycles. The molecule has 1 fully saturated rings. The molecule has 1 aromatic rings. The van der Waals surface area contributed by atoms with Crippen LogP contribution in [0.1, 0.15) is 36.5 Å². The highest BCUT2D eigenvalue weighted by molar-refractivity contribution is 6.42. The van der Waals surface area contributed by atoms with Gasteiger partial charge in [-0.2, -0.15) is 0 Å². The van der Waals surface area contributed by atoms with Crippen molar-refractivity contribution in [3.63, 3.8) is 0 Å². The molecule has 1 aliphatic carbocycles. The van der Waals surface area contributed by atoms with E-state index in [1.807, 2.05) is 6.92 Å². The van der Waals surface area contributed by atoms with E-state index in [0.29, 0.717) is 34.9 Å². The maximum absolute atomic E-state index is 12.3. The second-order valence-electron chi connectivity index (χ2n) is 5.99. The van der Waals surface area contributed by atoms with Gasteiger partial charge in [-0.1, -0.05) is 30.1 Å². The number of halogens is 2. The highest BCUT2D eigenvalue weighted by atomic mass is 35.5. The molecule has 0 spiro atoms. The van der Waals surface area contributed by atoms with Crippen molar-refractivity contribution in [2.75, 3.05) is 6.54 Å². The van der Waals surface area contributed by atoms with E-state index in [-0.39, 0.29) is 24.4 Å². The number of rotatable bonds is 7. The molecule has 2 rings (SSSR count). The summed E-state index contributed by atoms with van der Waals surface area (Å²) in [4.78, 5) is 35.5. The lowest BCUT2D eigenvalue weighted by Crippen LogP contribution is -2.54. The quantitative estimate of drug-likeness (QED) is 0.572. The van der Waals surface area contributed by atoms with Crippen LogP contribution in [0.5, 0.6) is 0 Å². The van der Waals surface area contributed by atoms with E-state index >= 15 is 0 Å². The summed E-state index contributed by atoms with van der Waals surface area (Å²) in [6, 6.07) is 3.60. The van der Waals surface area contributed by atoms with Gasteiger partial charge in [-0.15, -0.1) is 0 Å². The predicted octanol–water partition coefficient (Wildman–Crippen LogP) is 1.82. The van der Waals surface area contributed by atoms with Gasteiger partial charge in [-0.05, 0) is 37.5 Å². The van der Waals surface area contributed by atoms with Gasteiger partial charge in [-0.3, -0.25) is 9.59 Å². The van der Waals surface area contributed by atoms with E-state index in [4.69, 9.17) is 28.9 Å². The lowest BCUT2D eigenvalue weighted by Gasteiger charge is -2.22. The van der Waals surface area contributed by atoms with Gasteiger partial charge < -0.3 is 21.7 Å². The molecule has 1 aliphatic rings. The summed E-state index contributed by atoms with van der Waals surface area (Å²) in [6.45, 7) is 2.13. The van der Waals surface area contributed by atoms with E-state index in [0.717, 1.165) is 0 Å². The van der Waals surface area contributed by atoms with Crippen LogP contribution >= 0.6 is 23.2 Å². The fourth-order valence-electron chi connectivity index (χ4n) is 2.35. The lowest BCUT2D eigenvalue weighted by molar-refractivity contribution is -0.124. The second kappa shape index (κ2) is 7.93. The first kappa shape index (κ1) is 19.3. The molecular formula is C16H20Cl2N4O3. The average Bonchev–Trinajstić information content (AvgIpc) is 3.33.